The van der Waals surface area contributed by atoms with Gasteiger partial charge in [-0.2, -0.15) is 0 Å². The van der Waals surface area contributed by atoms with E-state index >= 15 is 0 Å². The van der Waals surface area contributed by atoms with Gasteiger partial charge in [0, 0.05) is 19.8 Å². The van der Waals surface area contributed by atoms with E-state index in [-0.39, 0.29) is 17.9 Å². The van der Waals surface area contributed by atoms with Crippen molar-refractivity contribution in [3.63, 3.8) is 0 Å². The van der Waals surface area contributed by atoms with Gasteiger partial charge in [0.2, 0.25) is 0 Å². The number of nitrogens with one attached hydrogen (secondary N) is 1. The lowest BCUT2D eigenvalue weighted by molar-refractivity contribution is 0.193. The Morgan fingerprint density at radius 2 is 2.14 bits per heavy atom. The third kappa shape index (κ3) is 3.81. The predicted molar refractivity (Wildman–Crippen MR) is 83.8 cm³/mol. The summed E-state index contributed by atoms with van der Waals surface area (Å²) in [5.74, 6) is -0.240. The Morgan fingerprint density at radius 3 is 2.77 bits per heavy atom. The first-order valence-corrected chi connectivity index (χ1v) is 7.15. The van der Waals surface area contributed by atoms with Crippen molar-refractivity contribution in [3.05, 3.63) is 65.2 Å². The lowest BCUT2D eigenvalue weighted by Gasteiger charge is -2.24. The standard InChI is InChI=1S/C17H20FN3O/c1-12-10-14(7-8-15(12)18)11-20-17(22)21(3)13(2)16-6-4-5-9-19-16/h4-10,13H,11H2,1-3H3,(H,20,22). The van der Waals surface area contributed by atoms with Crippen LogP contribution in [0.5, 0.6) is 0 Å². The van der Waals surface area contributed by atoms with Gasteiger partial charge in [-0.1, -0.05) is 18.2 Å². The molecule has 1 unspecified atom stereocenters. The molecule has 5 heteroatoms. The van der Waals surface area contributed by atoms with Crippen molar-refractivity contribution in [2.45, 2.75) is 26.4 Å². The Labute approximate surface area is 130 Å². The molecule has 4 nitrogen and oxygen atoms in total. The molecule has 0 spiro atoms. The maximum Gasteiger partial charge on any atom is 0.317 e. The molecule has 1 aromatic carbocycles. The smallest absolute Gasteiger partial charge is 0.317 e. The molecule has 1 N–H and O–H groups in total. The maximum absolute atomic E-state index is 13.2. The predicted octanol–water partition coefficient (Wildman–Crippen LogP) is 3.43. The summed E-state index contributed by atoms with van der Waals surface area (Å²) in [4.78, 5) is 18.1. The molecule has 0 aliphatic carbocycles. The van der Waals surface area contributed by atoms with Gasteiger partial charge in [0.15, 0.2) is 0 Å². The molecular formula is C17H20FN3O. The highest BCUT2D eigenvalue weighted by atomic mass is 19.1. The van der Waals surface area contributed by atoms with Crippen molar-refractivity contribution in [3.8, 4) is 0 Å². The molecule has 1 atom stereocenters. The Bertz CT molecular complexity index is 646. The molecule has 2 aromatic rings. The summed E-state index contributed by atoms with van der Waals surface area (Å²) in [7, 11) is 1.73. The summed E-state index contributed by atoms with van der Waals surface area (Å²) < 4.78 is 13.2. The van der Waals surface area contributed by atoms with E-state index in [4.69, 9.17) is 0 Å². The van der Waals surface area contributed by atoms with Gasteiger partial charge >= 0.3 is 6.03 Å². The van der Waals surface area contributed by atoms with Crippen LogP contribution in [0.25, 0.3) is 0 Å². The number of halogens is 1. The zero-order chi connectivity index (χ0) is 16.1. The summed E-state index contributed by atoms with van der Waals surface area (Å²) in [6, 6.07) is 10.1. The fourth-order valence-electron chi connectivity index (χ4n) is 2.12. The monoisotopic (exact) mass is 301 g/mol. The summed E-state index contributed by atoms with van der Waals surface area (Å²) >= 11 is 0. The quantitative estimate of drug-likeness (QED) is 0.940. The van der Waals surface area contributed by atoms with Gasteiger partial charge in [-0.15, -0.1) is 0 Å². The molecule has 2 amide bonds. The van der Waals surface area contributed by atoms with Crippen LogP contribution in [-0.4, -0.2) is 23.0 Å². The van der Waals surface area contributed by atoms with E-state index in [0.29, 0.717) is 12.1 Å². The SMILES string of the molecule is Cc1cc(CNC(=O)N(C)C(C)c2ccccn2)ccc1F. The van der Waals surface area contributed by atoms with Crippen molar-refractivity contribution >= 4 is 6.03 Å². The summed E-state index contributed by atoms with van der Waals surface area (Å²) in [5.41, 5.74) is 2.27. The van der Waals surface area contributed by atoms with E-state index in [0.717, 1.165) is 11.3 Å². The average Bonchev–Trinajstić information content (AvgIpc) is 2.55. The zero-order valence-electron chi connectivity index (χ0n) is 13.0. The van der Waals surface area contributed by atoms with Gasteiger partial charge in [0.25, 0.3) is 0 Å². The normalized spacial score (nSPS) is 11.8. The minimum atomic E-state index is -0.240. The van der Waals surface area contributed by atoms with Gasteiger partial charge < -0.3 is 10.2 Å². The summed E-state index contributed by atoms with van der Waals surface area (Å²) in [6.07, 6.45) is 1.71. The third-order valence-corrected chi connectivity index (χ3v) is 3.68. The summed E-state index contributed by atoms with van der Waals surface area (Å²) in [5, 5.41) is 2.83. The van der Waals surface area contributed by atoms with E-state index in [1.165, 1.54) is 6.07 Å². The minimum Gasteiger partial charge on any atom is -0.334 e. The molecule has 1 aromatic heterocycles. The topological polar surface area (TPSA) is 45.2 Å². The van der Waals surface area contributed by atoms with E-state index in [1.807, 2.05) is 25.1 Å². The van der Waals surface area contributed by atoms with Crippen molar-refractivity contribution in [2.24, 2.45) is 0 Å². The number of urea groups is 1. The number of rotatable bonds is 4. The Morgan fingerprint density at radius 1 is 1.36 bits per heavy atom. The second kappa shape index (κ2) is 7.02. The number of hydrogen-bond donors (Lipinski definition) is 1. The molecule has 116 valence electrons. The van der Waals surface area contributed by atoms with Crippen molar-refractivity contribution < 1.29 is 9.18 Å². The highest BCUT2D eigenvalue weighted by Crippen LogP contribution is 2.16. The van der Waals surface area contributed by atoms with Crippen molar-refractivity contribution in [1.29, 1.82) is 0 Å². The van der Waals surface area contributed by atoms with E-state index in [2.05, 4.69) is 10.3 Å². The molecule has 0 bridgehead atoms. The van der Waals surface area contributed by atoms with Crippen LogP contribution in [0.3, 0.4) is 0 Å². The van der Waals surface area contributed by atoms with E-state index < -0.39 is 0 Å². The number of carbonyl (C=O) groups is 1. The van der Waals surface area contributed by atoms with Crippen molar-refractivity contribution in [1.82, 2.24) is 15.2 Å². The van der Waals surface area contributed by atoms with Gasteiger partial charge in [0.1, 0.15) is 5.82 Å². The average molecular weight is 301 g/mol. The number of nitrogens with zero attached hydrogens (tertiary/aromatic N) is 2. The van der Waals surface area contributed by atoms with Crippen LogP contribution < -0.4 is 5.32 Å². The molecule has 0 aliphatic heterocycles. The van der Waals surface area contributed by atoms with Crippen LogP contribution in [0, 0.1) is 12.7 Å². The molecule has 0 aliphatic rings. The van der Waals surface area contributed by atoms with Crippen LogP contribution in [0.15, 0.2) is 42.6 Å². The summed E-state index contributed by atoms with van der Waals surface area (Å²) in [6.45, 7) is 3.99. The molecule has 0 radical (unpaired) electrons. The van der Waals surface area contributed by atoms with Crippen LogP contribution in [0.1, 0.15) is 29.8 Å². The number of aryl methyl sites for hydroxylation is 1. The molecule has 2 rings (SSSR count). The van der Waals surface area contributed by atoms with Crippen LogP contribution in [0.2, 0.25) is 0 Å². The largest absolute Gasteiger partial charge is 0.334 e. The minimum absolute atomic E-state index is 0.129. The first kappa shape index (κ1) is 15.9. The molecular weight excluding hydrogens is 281 g/mol. The number of amides is 2. The third-order valence-electron chi connectivity index (χ3n) is 3.68. The van der Waals surface area contributed by atoms with Gasteiger partial charge in [-0.25, -0.2) is 9.18 Å². The van der Waals surface area contributed by atoms with E-state index in [9.17, 15) is 9.18 Å². The second-order valence-electron chi connectivity index (χ2n) is 5.28. The highest BCUT2D eigenvalue weighted by Gasteiger charge is 2.17. The second-order valence-corrected chi connectivity index (χ2v) is 5.28. The number of hydrogen-bond acceptors (Lipinski definition) is 2. The van der Waals surface area contributed by atoms with Gasteiger partial charge in [-0.3, -0.25) is 4.98 Å². The van der Waals surface area contributed by atoms with Gasteiger partial charge in [0.05, 0.1) is 11.7 Å². The Kier molecular flexibility index (Phi) is 5.09. The lowest BCUT2D eigenvalue weighted by atomic mass is 10.1. The molecule has 0 saturated heterocycles. The number of benzene rings is 1. The maximum atomic E-state index is 13.2. The van der Waals surface area contributed by atoms with E-state index in [1.54, 1.807) is 37.2 Å². The fourth-order valence-corrected chi connectivity index (χ4v) is 2.12. The first-order valence-electron chi connectivity index (χ1n) is 7.15. The first-order chi connectivity index (χ1) is 10.5. The number of aromatic nitrogens is 1. The lowest BCUT2D eigenvalue weighted by Crippen LogP contribution is -2.38. The fraction of sp³-hybridized carbons (Fsp3) is 0.294. The van der Waals surface area contributed by atoms with Crippen LogP contribution in [0.4, 0.5) is 9.18 Å². The zero-order valence-corrected chi connectivity index (χ0v) is 13.0. The van der Waals surface area contributed by atoms with Crippen LogP contribution >= 0.6 is 0 Å². The molecule has 1 heterocycles. The van der Waals surface area contributed by atoms with Crippen molar-refractivity contribution in [2.75, 3.05) is 7.05 Å². The number of pyridine rings is 1. The molecule has 0 fully saturated rings. The highest BCUT2D eigenvalue weighted by molar-refractivity contribution is 5.74. The van der Waals surface area contributed by atoms with Crippen LogP contribution in [-0.2, 0) is 6.54 Å². The Hall–Kier alpha value is -2.43. The molecule has 0 saturated carbocycles. The Balaban J connectivity index is 1.95. The number of carbonyl (C=O) groups excluding carboxylic acids is 1. The van der Waals surface area contributed by atoms with Gasteiger partial charge in [-0.05, 0) is 43.2 Å². The molecule has 22 heavy (non-hydrogen) atoms.